The van der Waals surface area contributed by atoms with Gasteiger partial charge in [-0.2, -0.15) is 0 Å². The van der Waals surface area contributed by atoms with E-state index in [1.807, 2.05) is 6.07 Å². The molecule has 0 amide bonds. The molecule has 0 radical (unpaired) electrons. The second-order valence-electron chi connectivity index (χ2n) is 2.84. The van der Waals surface area contributed by atoms with E-state index in [2.05, 4.69) is 15.9 Å². The number of benzene rings is 1. The van der Waals surface area contributed by atoms with Gasteiger partial charge >= 0.3 is 0 Å². The zero-order chi connectivity index (χ0) is 8.72. The minimum atomic E-state index is -0.0500. The summed E-state index contributed by atoms with van der Waals surface area (Å²) in [6.45, 7) is 0. The molecule has 0 heterocycles. The van der Waals surface area contributed by atoms with Crippen LogP contribution in [0.3, 0.4) is 0 Å². The van der Waals surface area contributed by atoms with E-state index in [0.29, 0.717) is 5.02 Å². The minimum Gasteiger partial charge on any atom is -0.293 e. The number of hydrogen-bond acceptors (Lipinski definition) is 1. The summed E-state index contributed by atoms with van der Waals surface area (Å²) in [5, 5.41) is 0.697. The van der Waals surface area contributed by atoms with Gasteiger partial charge in [0.2, 0.25) is 0 Å². The standard InChI is InChI=1S/C9H6BrClO/c10-8-4-5-3-6(11)1-2-7(5)9(8)12/h1-3,8H,4H2/t8-/m1/s1. The number of fused-ring (bicyclic) bond motifs is 1. The zero-order valence-electron chi connectivity index (χ0n) is 6.18. The van der Waals surface area contributed by atoms with Gasteiger partial charge in [0.05, 0.1) is 4.83 Å². The van der Waals surface area contributed by atoms with Crippen LogP contribution in [0, 0.1) is 0 Å². The van der Waals surface area contributed by atoms with Crippen molar-refractivity contribution in [3.63, 3.8) is 0 Å². The third-order valence-corrected chi connectivity index (χ3v) is 2.99. The van der Waals surface area contributed by atoms with Gasteiger partial charge in [-0.25, -0.2) is 0 Å². The van der Waals surface area contributed by atoms with Crippen molar-refractivity contribution >= 4 is 33.3 Å². The van der Waals surface area contributed by atoms with Crippen LogP contribution < -0.4 is 0 Å². The lowest BCUT2D eigenvalue weighted by molar-refractivity contribution is 0.100. The van der Waals surface area contributed by atoms with Crippen molar-refractivity contribution in [2.45, 2.75) is 11.2 Å². The molecule has 0 saturated heterocycles. The largest absolute Gasteiger partial charge is 0.293 e. The summed E-state index contributed by atoms with van der Waals surface area (Å²) in [6, 6.07) is 5.40. The minimum absolute atomic E-state index is 0.0500. The van der Waals surface area contributed by atoms with Crippen LogP contribution in [0.1, 0.15) is 15.9 Å². The predicted molar refractivity (Wildman–Crippen MR) is 52.2 cm³/mol. The first-order valence-electron chi connectivity index (χ1n) is 3.65. The van der Waals surface area contributed by atoms with Crippen LogP contribution in [0.15, 0.2) is 18.2 Å². The highest BCUT2D eigenvalue weighted by molar-refractivity contribution is 9.10. The Bertz CT molecular complexity index is 348. The molecule has 1 aliphatic rings. The fraction of sp³-hybridized carbons (Fsp3) is 0.222. The molecule has 1 nitrogen and oxygen atoms in total. The van der Waals surface area contributed by atoms with E-state index in [1.165, 1.54) is 0 Å². The summed E-state index contributed by atoms with van der Waals surface area (Å²) in [4.78, 5) is 11.4. The Morgan fingerprint density at radius 1 is 1.50 bits per heavy atom. The maximum Gasteiger partial charge on any atom is 0.177 e. The van der Waals surface area contributed by atoms with E-state index in [0.717, 1.165) is 17.5 Å². The van der Waals surface area contributed by atoms with Gasteiger partial charge in [-0.15, -0.1) is 0 Å². The Hall–Kier alpha value is -0.340. The number of halogens is 2. The van der Waals surface area contributed by atoms with Gasteiger partial charge in [-0.05, 0) is 30.2 Å². The van der Waals surface area contributed by atoms with Gasteiger partial charge in [-0.3, -0.25) is 4.79 Å². The molecular formula is C9H6BrClO. The average Bonchev–Trinajstić information content (AvgIpc) is 2.28. The maximum atomic E-state index is 11.4. The smallest absolute Gasteiger partial charge is 0.177 e. The molecule has 1 aromatic rings. The van der Waals surface area contributed by atoms with Crippen LogP contribution in [-0.2, 0) is 6.42 Å². The molecule has 0 N–H and O–H groups in total. The van der Waals surface area contributed by atoms with Crippen LogP contribution in [0.2, 0.25) is 5.02 Å². The second-order valence-corrected chi connectivity index (χ2v) is 4.38. The van der Waals surface area contributed by atoms with Gasteiger partial charge in [0, 0.05) is 10.6 Å². The van der Waals surface area contributed by atoms with Gasteiger partial charge in [0.25, 0.3) is 0 Å². The highest BCUT2D eigenvalue weighted by atomic mass is 79.9. The number of hydrogen-bond donors (Lipinski definition) is 0. The molecule has 0 saturated carbocycles. The fourth-order valence-electron chi connectivity index (χ4n) is 1.43. The summed E-state index contributed by atoms with van der Waals surface area (Å²) in [5.41, 5.74) is 1.86. The van der Waals surface area contributed by atoms with Crippen molar-refractivity contribution < 1.29 is 4.79 Å². The van der Waals surface area contributed by atoms with E-state index < -0.39 is 0 Å². The van der Waals surface area contributed by atoms with Crippen LogP contribution in [-0.4, -0.2) is 10.6 Å². The molecule has 2 rings (SSSR count). The third kappa shape index (κ3) is 1.19. The molecule has 0 unspecified atom stereocenters. The molecule has 0 aromatic heterocycles. The first kappa shape index (κ1) is 8.27. The number of rotatable bonds is 0. The monoisotopic (exact) mass is 244 g/mol. The second kappa shape index (κ2) is 2.86. The van der Waals surface area contributed by atoms with Gasteiger partial charge < -0.3 is 0 Å². The summed E-state index contributed by atoms with van der Waals surface area (Å²) >= 11 is 9.11. The summed E-state index contributed by atoms with van der Waals surface area (Å²) in [6.07, 6.45) is 0.759. The topological polar surface area (TPSA) is 17.1 Å². The average molecular weight is 246 g/mol. The molecule has 0 bridgehead atoms. The van der Waals surface area contributed by atoms with Crippen molar-refractivity contribution in [3.8, 4) is 0 Å². The van der Waals surface area contributed by atoms with Crippen LogP contribution in [0.5, 0.6) is 0 Å². The third-order valence-electron chi connectivity index (χ3n) is 2.02. The number of carbonyl (C=O) groups excluding carboxylic acids is 1. The molecule has 0 aliphatic heterocycles. The number of carbonyl (C=O) groups is 1. The van der Waals surface area contributed by atoms with Crippen molar-refractivity contribution in [2.24, 2.45) is 0 Å². The highest BCUT2D eigenvalue weighted by Gasteiger charge is 2.27. The normalized spacial score (nSPS) is 21.2. The molecule has 12 heavy (non-hydrogen) atoms. The molecule has 0 spiro atoms. The first-order valence-corrected chi connectivity index (χ1v) is 4.94. The quantitative estimate of drug-likeness (QED) is 0.643. The van der Waals surface area contributed by atoms with Gasteiger partial charge in [0.15, 0.2) is 5.78 Å². The van der Waals surface area contributed by atoms with E-state index >= 15 is 0 Å². The summed E-state index contributed by atoms with van der Waals surface area (Å²) in [5.74, 6) is 0.168. The molecule has 3 heteroatoms. The Labute approximate surface area is 83.9 Å². The predicted octanol–water partition coefficient (Wildman–Crippen LogP) is 2.84. The lowest BCUT2D eigenvalue weighted by atomic mass is 10.1. The van der Waals surface area contributed by atoms with Crippen LogP contribution >= 0.6 is 27.5 Å². The Morgan fingerprint density at radius 2 is 2.25 bits per heavy atom. The van der Waals surface area contributed by atoms with E-state index in [1.54, 1.807) is 12.1 Å². The van der Waals surface area contributed by atoms with Crippen LogP contribution in [0.4, 0.5) is 0 Å². The van der Waals surface area contributed by atoms with Crippen LogP contribution in [0.25, 0.3) is 0 Å². The Morgan fingerprint density at radius 3 is 3.00 bits per heavy atom. The first-order chi connectivity index (χ1) is 5.68. The fourth-order valence-corrected chi connectivity index (χ4v) is 2.22. The SMILES string of the molecule is O=C1c2ccc(Cl)cc2C[C@H]1Br. The lowest BCUT2D eigenvalue weighted by Gasteiger charge is -1.95. The van der Waals surface area contributed by atoms with Crippen molar-refractivity contribution in [3.05, 3.63) is 34.3 Å². The molecule has 1 aromatic carbocycles. The highest BCUT2D eigenvalue weighted by Crippen LogP contribution is 2.28. The molecule has 1 aliphatic carbocycles. The van der Waals surface area contributed by atoms with Crippen molar-refractivity contribution in [2.75, 3.05) is 0 Å². The van der Waals surface area contributed by atoms with Gasteiger partial charge in [0.1, 0.15) is 0 Å². The van der Waals surface area contributed by atoms with Crippen molar-refractivity contribution in [1.82, 2.24) is 0 Å². The van der Waals surface area contributed by atoms with E-state index in [4.69, 9.17) is 11.6 Å². The zero-order valence-corrected chi connectivity index (χ0v) is 8.52. The summed E-state index contributed by atoms with van der Waals surface area (Å²) < 4.78 is 0. The number of Topliss-reactive ketones (excluding diaryl/α,β-unsaturated/α-hetero) is 1. The lowest BCUT2D eigenvalue weighted by Crippen LogP contribution is -2.05. The number of alkyl halides is 1. The molecular weight excluding hydrogens is 239 g/mol. The molecule has 62 valence electrons. The summed E-state index contributed by atoms with van der Waals surface area (Å²) in [7, 11) is 0. The van der Waals surface area contributed by atoms with Gasteiger partial charge in [-0.1, -0.05) is 27.5 Å². The van der Waals surface area contributed by atoms with Crippen molar-refractivity contribution in [1.29, 1.82) is 0 Å². The Balaban J connectivity index is 2.54. The van der Waals surface area contributed by atoms with E-state index in [-0.39, 0.29) is 10.6 Å². The Kier molecular flexibility index (Phi) is 1.97. The van der Waals surface area contributed by atoms with E-state index in [9.17, 15) is 4.79 Å². The molecule has 1 atom stereocenters. The number of ketones is 1. The maximum absolute atomic E-state index is 11.4. The molecule has 0 fully saturated rings.